The fourth-order valence-electron chi connectivity index (χ4n) is 3.42. The number of carboxylic acids is 1. The van der Waals surface area contributed by atoms with Gasteiger partial charge < -0.3 is 10.4 Å². The molecule has 6 heteroatoms. The number of fused-ring (bicyclic) bond motifs is 1. The molecule has 1 amide bonds. The monoisotopic (exact) mass is 395 g/mol. The lowest BCUT2D eigenvalue weighted by atomic mass is 9.89. The number of benzene rings is 2. The van der Waals surface area contributed by atoms with Crippen LogP contribution in [-0.2, 0) is 4.79 Å². The molecular weight excluding hydrogens is 378 g/mol. The van der Waals surface area contributed by atoms with Crippen molar-refractivity contribution in [1.82, 2.24) is 0 Å². The minimum Gasteiger partial charge on any atom is -0.477 e. The van der Waals surface area contributed by atoms with E-state index in [1.54, 1.807) is 11.8 Å². The topological polar surface area (TPSA) is 66.4 Å². The van der Waals surface area contributed by atoms with Gasteiger partial charge in [-0.15, -0.1) is 23.1 Å². The number of thiophene rings is 1. The van der Waals surface area contributed by atoms with E-state index in [4.69, 9.17) is 0 Å². The molecule has 0 radical (unpaired) electrons. The molecule has 0 aliphatic carbocycles. The number of nitrogens with one attached hydrogen (secondary N) is 1. The van der Waals surface area contributed by atoms with Crippen LogP contribution in [0.15, 0.2) is 59.5 Å². The second kappa shape index (κ2) is 7.21. The van der Waals surface area contributed by atoms with Gasteiger partial charge in [0.25, 0.3) is 0 Å². The first-order chi connectivity index (χ1) is 13.1. The summed E-state index contributed by atoms with van der Waals surface area (Å²) in [7, 11) is 0. The summed E-state index contributed by atoms with van der Waals surface area (Å²) in [4.78, 5) is 26.7. The summed E-state index contributed by atoms with van der Waals surface area (Å²) in [6.07, 6.45) is 2.34. The first-order valence-electron chi connectivity index (χ1n) is 8.47. The zero-order valence-electron chi connectivity index (χ0n) is 14.6. The summed E-state index contributed by atoms with van der Waals surface area (Å²) in [6.45, 7) is 0. The van der Waals surface area contributed by atoms with E-state index in [1.807, 2.05) is 60.9 Å². The van der Waals surface area contributed by atoms with Gasteiger partial charge in [-0.05, 0) is 29.5 Å². The highest BCUT2D eigenvalue weighted by Gasteiger charge is 2.34. The van der Waals surface area contributed by atoms with Gasteiger partial charge in [-0.1, -0.05) is 42.5 Å². The van der Waals surface area contributed by atoms with Gasteiger partial charge in [0.15, 0.2) is 0 Å². The zero-order chi connectivity index (χ0) is 19.0. The van der Waals surface area contributed by atoms with Gasteiger partial charge in [0.05, 0.1) is 5.69 Å². The van der Waals surface area contributed by atoms with E-state index in [1.165, 1.54) is 11.3 Å². The number of carboxylic acid groups (broad SMARTS) is 1. The minimum absolute atomic E-state index is 0.0895. The van der Waals surface area contributed by atoms with Crippen molar-refractivity contribution < 1.29 is 14.7 Å². The lowest BCUT2D eigenvalue weighted by Gasteiger charge is -2.24. The molecule has 2 heterocycles. The van der Waals surface area contributed by atoms with Crippen LogP contribution in [0, 0.1) is 0 Å². The van der Waals surface area contributed by atoms with Crippen LogP contribution in [0.3, 0.4) is 0 Å². The lowest BCUT2D eigenvalue weighted by Crippen LogP contribution is -2.22. The van der Waals surface area contributed by atoms with Crippen LogP contribution in [0.2, 0.25) is 0 Å². The van der Waals surface area contributed by atoms with Crippen molar-refractivity contribution in [2.24, 2.45) is 0 Å². The maximum Gasteiger partial charge on any atom is 0.346 e. The molecule has 0 saturated carbocycles. The Morgan fingerprint density at radius 3 is 2.48 bits per heavy atom. The number of rotatable bonds is 4. The summed E-state index contributed by atoms with van der Waals surface area (Å²) in [5, 5.41) is 12.7. The van der Waals surface area contributed by atoms with Crippen LogP contribution in [0.4, 0.5) is 5.69 Å². The maximum atomic E-state index is 12.4. The standard InChI is InChI=1S/C21H17NO3S2/c1-26-14-9-7-12(8-10-14)15-11-16(23)22-18-17(13-5-3-2-4-6-13)20(21(24)25)27-19(15)18/h2-10,15H,11H2,1H3,(H,22,23)(H,24,25). The van der Waals surface area contributed by atoms with Gasteiger partial charge in [0.2, 0.25) is 5.91 Å². The molecule has 1 atom stereocenters. The van der Waals surface area contributed by atoms with Gasteiger partial charge in [-0.25, -0.2) is 4.79 Å². The molecule has 3 aromatic rings. The van der Waals surface area contributed by atoms with E-state index in [-0.39, 0.29) is 16.7 Å². The fourth-order valence-corrected chi connectivity index (χ4v) is 5.08. The lowest BCUT2D eigenvalue weighted by molar-refractivity contribution is -0.116. The third kappa shape index (κ3) is 3.26. The van der Waals surface area contributed by atoms with Crippen LogP contribution >= 0.6 is 23.1 Å². The summed E-state index contributed by atoms with van der Waals surface area (Å²) in [5.41, 5.74) is 3.06. The molecule has 4 nitrogen and oxygen atoms in total. The van der Waals surface area contributed by atoms with Gasteiger partial charge >= 0.3 is 5.97 Å². The van der Waals surface area contributed by atoms with Crippen molar-refractivity contribution >= 4 is 40.7 Å². The highest BCUT2D eigenvalue weighted by atomic mass is 32.2. The molecule has 27 heavy (non-hydrogen) atoms. The summed E-state index contributed by atoms with van der Waals surface area (Å²) < 4.78 is 0. The zero-order valence-corrected chi connectivity index (χ0v) is 16.2. The molecule has 0 bridgehead atoms. The van der Waals surface area contributed by atoms with Crippen LogP contribution in [0.25, 0.3) is 11.1 Å². The Kier molecular flexibility index (Phi) is 4.76. The van der Waals surface area contributed by atoms with Crippen LogP contribution in [0.1, 0.15) is 32.5 Å². The number of carbonyl (C=O) groups excluding carboxylic acids is 1. The number of carbonyl (C=O) groups is 2. The van der Waals surface area contributed by atoms with Crippen molar-refractivity contribution in [3.63, 3.8) is 0 Å². The van der Waals surface area contributed by atoms with Crippen LogP contribution < -0.4 is 5.32 Å². The Bertz CT molecular complexity index is 1010. The average Bonchev–Trinajstić information content (AvgIpc) is 3.07. The Labute approximate surface area is 165 Å². The molecular formula is C21H17NO3S2. The molecule has 2 N–H and O–H groups in total. The SMILES string of the molecule is CSc1ccc(C2CC(=O)Nc3c2sc(C(=O)O)c3-c2ccccc2)cc1. The minimum atomic E-state index is -0.973. The van der Waals surface area contributed by atoms with Crippen molar-refractivity contribution in [3.8, 4) is 11.1 Å². The Morgan fingerprint density at radius 1 is 1.15 bits per heavy atom. The number of aromatic carboxylic acids is 1. The predicted octanol–water partition coefficient (Wildman–Crippen LogP) is 5.31. The van der Waals surface area contributed by atoms with E-state index in [0.29, 0.717) is 17.7 Å². The molecule has 0 spiro atoms. The first kappa shape index (κ1) is 17.8. The molecule has 136 valence electrons. The molecule has 0 fully saturated rings. The normalized spacial score (nSPS) is 15.9. The molecule has 1 aliphatic heterocycles. The van der Waals surface area contributed by atoms with E-state index in [0.717, 1.165) is 20.9 Å². The van der Waals surface area contributed by atoms with Gasteiger partial charge in [-0.3, -0.25) is 4.79 Å². The molecule has 1 unspecified atom stereocenters. The fraction of sp³-hybridized carbons (Fsp3) is 0.143. The van der Waals surface area contributed by atoms with Crippen molar-refractivity contribution in [1.29, 1.82) is 0 Å². The highest BCUT2D eigenvalue weighted by molar-refractivity contribution is 7.98. The Morgan fingerprint density at radius 2 is 1.85 bits per heavy atom. The summed E-state index contributed by atoms with van der Waals surface area (Å²) >= 11 is 2.92. The van der Waals surface area contributed by atoms with E-state index >= 15 is 0 Å². The van der Waals surface area contributed by atoms with Gasteiger partial charge in [0.1, 0.15) is 4.88 Å². The van der Waals surface area contributed by atoms with E-state index < -0.39 is 5.97 Å². The smallest absolute Gasteiger partial charge is 0.346 e. The van der Waals surface area contributed by atoms with Crippen molar-refractivity contribution in [3.05, 3.63) is 69.9 Å². The average molecular weight is 396 g/mol. The number of anilines is 1. The second-order valence-corrected chi connectivity index (χ2v) is 8.23. The predicted molar refractivity (Wildman–Crippen MR) is 110 cm³/mol. The second-order valence-electron chi connectivity index (χ2n) is 6.29. The summed E-state index contributed by atoms with van der Waals surface area (Å²) in [5.74, 6) is -1.20. The van der Waals surface area contributed by atoms with Crippen LogP contribution in [0.5, 0.6) is 0 Å². The number of hydrogen-bond acceptors (Lipinski definition) is 4. The third-order valence-electron chi connectivity index (χ3n) is 4.68. The number of amides is 1. The van der Waals surface area contributed by atoms with Crippen molar-refractivity contribution in [2.45, 2.75) is 17.2 Å². The van der Waals surface area contributed by atoms with Gasteiger partial charge in [-0.2, -0.15) is 0 Å². The molecule has 4 rings (SSSR count). The Hall–Kier alpha value is -2.57. The molecule has 1 aliphatic rings. The van der Waals surface area contributed by atoms with Gasteiger partial charge in [0, 0.05) is 27.7 Å². The first-order valence-corrected chi connectivity index (χ1v) is 10.5. The van der Waals surface area contributed by atoms with E-state index in [9.17, 15) is 14.7 Å². The van der Waals surface area contributed by atoms with Crippen LogP contribution in [-0.4, -0.2) is 23.2 Å². The number of thioether (sulfide) groups is 1. The summed E-state index contributed by atoms with van der Waals surface area (Å²) in [6, 6.07) is 17.5. The molecule has 1 aromatic heterocycles. The maximum absolute atomic E-state index is 12.4. The van der Waals surface area contributed by atoms with E-state index in [2.05, 4.69) is 5.32 Å². The molecule has 0 saturated heterocycles. The van der Waals surface area contributed by atoms with Crippen molar-refractivity contribution in [2.75, 3.05) is 11.6 Å². The Balaban J connectivity index is 1.89. The highest BCUT2D eigenvalue weighted by Crippen LogP contribution is 2.49. The molecule has 2 aromatic carbocycles. The number of hydrogen-bond donors (Lipinski definition) is 2. The third-order valence-corrected chi connectivity index (χ3v) is 6.72. The quantitative estimate of drug-likeness (QED) is 0.588. The largest absolute Gasteiger partial charge is 0.477 e.